The average molecular weight is 274 g/mol. The first-order valence-electron chi connectivity index (χ1n) is 4.75. The zero-order valence-electron chi connectivity index (χ0n) is 8.50. The van der Waals surface area contributed by atoms with Crippen LogP contribution in [-0.2, 0) is 5.38 Å². The summed E-state index contributed by atoms with van der Waals surface area (Å²) in [6, 6.07) is 7.74. The van der Waals surface area contributed by atoms with E-state index >= 15 is 0 Å². The molecule has 1 heterocycles. The Morgan fingerprint density at radius 3 is 2.29 bits per heavy atom. The Morgan fingerprint density at radius 2 is 1.71 bits per heavy atom. The molecule has 0 spiro atoms. The predicted octanol–water partition coefficient (Wildman–Crippen LogP) is 4.69. The van der Waals surface area contributed by atoms with E-state index < -0.39 is 5.38 Å². The molecule has 0 N–H and O–H groups in total. The van der Waals surface area contributed by atoms with Gasteiger partial charge < -0.3 is 0 Å². The van der Waals surface area contributed by atoms with Crippen LogP contribution in [0.4, 0.5) is 8.78 Å². The molecule has 2 aromatic rings. The molecule has 17 heavy (non-hydrogen) atoms. The lowest BCUT2D eigenvalue weighted by Gasteiger charge is -2.13. The molecule has 0 unspecified atom stereocenters. The third-order valence-corrected chi connectivity index (χ3v) is 2.74. The van der Waals surface area contributed by atoms with Crippen LogP contribution in [0.25, 0.3) is 11.1 Å². The third kappa shape index (κ3) is 2.73. The second-order valence-corrected chi connectivity index (χ2v) is 4.34. The summed E-state index contributed by atoms with van der Waals surface area (Å²) in [6.07, 6.45) is 2.64. The molecule has 88 valence electrons. The highest BCUT2D eigenvalue weighted by molar-refractivity contribution is 6.30. The van der Waals surface area contributed by atoms with Crippen molar-refractivity contribution < 1.29 is 8.78 Å². The Kier molecular flexibility index (Phi) is 3.31. The number of hydrogen-bond donors (Lipinski definition) is 0. The van der Waals surface area contributed by atoms with Gasteiger partial charge in [-0.3, -0.25) is 4.98 Å². The number of benzene rings is 1. The molecule has 0 aliphatic rings. The van der Waals surface area contributed by atoms with Gasteiger partial charge in [-0.05, 0) is 35.4 Å². The van der Waals surface area contributed by atoms with E-state index in [9.17, 15) is 8.78 Å². The fourth-order valence-corrected chi connectivity index (χ4v) is 1.79. The molecule has 0 amide bonds. The number of halogens is 4. The van der Waals surface area contributed by atoms with Gasteiger partial charge in [-0.25, -0.2) is 0 Å². The van der Waals surface area contributed by atoms with Gasteiger partial charge in [-0.15, -0.1) is 0 Å². The van der Waals surface area contributed by atoms with Crippen molar-refractivity contribution in [2.75, 3.05) is 0 Å². The summed E-state index contributed by atoms with van der Waals surface area (Å²) in [4.78, 5) is 3.83. The fourth-order valence-electron chi connectivity index (χ4n) is 1.50. The number of alkyl halides is 3. The van der Waals surface area contributed by atoms with E-state index in [2.05, 4.69) is 4.98 Å². The molecule has 1 aromatic carbocycles. The van der Waals surface area contributed by atoms with Crippen molar-refractivity contribution in [2.24, 2.45) is 0 Å². The lowest BCUT2D eigenvalue weighted by Crippen LogP contribution is -2.05. The fraction of sp³-hybridized carbons (Fsp3) is 0.0833. The summed E-state index contributed by atoms with van der Waals surface area (Å²) < 4.78 is 26.4. The molecule has 0 radical (unpaired) electrons. The first-order valence-corrected chi connectivity index (χ1v) is 5.51. The maximum absolute atomic E-state index is 13.2. The minimum Gasteiger partial charge on any atom is -0.264 e. The van der Waals surface area contributed by atoms with E-state index in [1.54, 1.807) is 24.3 Å². The molecule has 0 aliphatic heterocycles. The quantitative estimate of drug-likeness (QED) is 0.724. The van der Waals surface area contributed by atoms with Crippen LogP contribution in [0.2, 0.25) is 5.02 Å². The van der Waals surface area contributed by atoms with E-state index in [0.29, 0.717) is 16.1 Å². The second-order valence-electron chi connectivity index (χ2n) is 3.43. The van der Waals surface area contributed by atoms with E-state index in [1.807, 2.05) is 0 Å². The first-order chi connectivity index (χ1) is 7.98. The largest absolute Gasteiger partial charge is 0.348 e. The van der Waals surface area contributed by atoms with Gasteiger partial charge in [0.2, 0.25) is 0 Å². The number of hydrogen-bond acceptors (Lipinski definition) is 1. The first kappa shape index (κ1) is 12.3. The van der Waals surface area contributed by atoms with Crippen LogP contribution in [0.5, 0.6) is 0 Å². The SMILES string of the molecule is FC(F)(Cl)c1ccncc1-c1ccc(Cl)cc1. The van der Waals surface area contributed by atoms with Crippen LogP contribution in [0, 0.1) is 0 Å². The lowest BCUT2D eigenvalue weighted by atomic mass is 10.0. The van der Waals surface area contributed by atoms with Gasteiger partial charge in [-0.1, -0.05) is 23.7 Å². The average Bonchev–Trinajstić information content (AvgIpc) is 2.29. The summed E-state index contributed by atoms with van der Waals surface area (Å²) >= 11 is 10.8. The summed E-state index contributed by atoms with van der Waals surface area (Å²) in [7, 11) is 0. The topological polar surface area (TPSA) is 12.9 Å². The van der Waals surface area contributed by atoms with Gasteiger partial charge in [0.15, 0.2) is 0 Å². The maximum atomic E-state index is 13.2. The van der Waals surface area contributed by atoms with Gasteiger partial charge in [0, 0.05) is 28.5 Å². The number of pyridine rings is 1. The van der Waals surface area contributed by atoms with Gasteiger partial charge in [0.1, 0.15) is 0 Å². The molecule has 0 bridgehead atoms. The number of nitrogens with zero attached hydrogens (tertiary/aromatic N) is 1. The molecule has 1 aromatic heterocycles. The van der Waals surface area contributed by atoms with E-state index in [-0.39, 0.29) is 5.56 Å². The summed E-state index contributed by atoms with van der Waals surface area (Å²) in [5, 5.41) is -2.88. The van der Waals surface area contributed by atoms with Gasteiger partial charge >= 0.3 is 5.38 Å². The summed E-state index contributed by atoms with van der Waals surface area (Å²) in [6.45, 7) is 0. The minimum atomic E-state index is -3.42. The van der Waals surface area contributed by atoms with Crippen molar-refractivity contribution in [3.05, 3.63) is 53.3 Å². The van der Waals surface area contributed by atoms with Crippen LogP contribution in [0.15, 0.2) is 42.7 Å². The van der Waals surface area contributed by atoms with Crippen molar-refractivity contribution in [3.8, 4) is 11.1 Å². The number of aromatic nitrogens is 1. The Morgan fingerprint density at radius 1 is 1.06 bits per heavy atom. The molecule has 0 aliphatic carbocycles. The molecule has 1 nitrogen and oxygen atoms in total. The van der Waals surface area contributed by atoms with Crippen molar-refractivity contribution in [1.29, 1.82) is 0 Å². The molecule has 0 fully saturated rings. The molecule has 0 saturated heterocycles. The van der Waals surface area contributed by atoms with Crippen LogP contribution in [0.1, 0.15) is 5.56 Å². The summed E-state index contributed by atoms with van der Waals surface area (Å²) in [5.74, 6) is 0. The summed E-state index contributed by atoms with van der Waals surface area (Å²) in [5.41, 5.74) is 0.624. The zero-order valence-corrected chi connectivity index (χ0v) is 10.0. The Labute approximate surface area is 107 Å². The highest BCUT2D eigenvalue weighted by Gasteiger charge is 2.30. The van der Waals surface area contributed by atoms with Crippen molar-refractivity contribution in [2.45, 2.75) is 5.38 Å². The number of rotatable bonds is 2. The Hall–Kier alpha value is -1.19. The molecule has 0 saturated carbocycles. The normalized spacial score (nSPS) is 11.5. The van der Waals surface area contributed by atoms with E-state index in [4.69, 9.17) is 23.2 Å². The smallest absolute Gasteiger partial charge is 0.264 e. The Balaban J connectivity index is 2.56. The van der Waals surface area contributed by atoms with Gasteiger partial charge in [0.25, 0.3) is 0 Å². The monoisotopic (exact) mass is 273 g/mol. The maximum Gasteiger partial charge on any atom is 0.348 e. The lowest BCUT2D eigenvalue weighted by molar-refractivity contribution is 0.0957. The van der Waals surface area contributed by atoms with Crippen LogP contribution < -0.4 is 0 Å². The van der Waals surface area contributed by atoms with Crippen LogP contribution in [-0.4, -0.2) is 4.98 Å². The standard InChI is InChI=1S/C12H7Cl2F2N/c13-9-3-1-8(2-4-9)10-7-17-6-5-11(10)12(14,15)16/h1-7H. The molecular weight excluding hydrogens is 267 g/mol. The zero-order chi connectivity index (χ0) is 12.5. The molecular formula is C12H7Cl2F2N. The minimum absolute atomic E-state index is 0.267. The van der Waals surface area contributed by atoms with E-state index in [1.165, 1.54) is 18.5 Å². The predicted molar refractivity (Wildman–Crippen MR) is 64.4 cm³/mol. The van der Waals surface area contributed by atoms with Crippen LogP contribution >= 0.6 is 23.2 Å². The molecule has 5 heteroatoms. The van der Waals surface area contributed by atoms with Crippen LogP contribution in [0.3, 0.4) is 0 Å². The van der Waals surface area contributed by atoms with Gasteiger partial charge in [-0.2, -0.15) is 8.78 Å². The highest BCUT2D eigenvalue weighted by atomic mass is 35.5. The van der Waals surface area contributed by atoms with E-state index in [0.717, 1.165) is 0 Å². The van der Waals surface area contributed by atoms with Crippen molar-refractivity contribution >= 4 is 23.2 Å². The molecule has 2 rings (SSSR count). The van der Waals surface area contributed by atoms with Crippen molar-refractivity contribution in [1.82, 2.24) is 4.98 Å². The van der Waals surface area contributed by atoms with Gasteiger partial charge in [0.05, 0.1) is 0 Å². The molecule has 0 atom stereocenters. The third-order valence-electron chi connectivity index (χ3n) is 2.28. The van der Waals surface area contributed by atoms with Crippen molar-refractivity contribution in [3.63, 3.8) is 0 Å². The highest BCUT2D eigenvalue weighted by Crippen LogP contribution is 2.38. The Bertz CT molecular complexity index is 521. The second kappa shape index (κ2) is 4.59.